The summed E-state index contributed by atoms with van der Waals surface area (Å²) in [4.78, 5) is 14.3. The lowest BCUT2D eigenvalue weighted by molar-refractivity contribution is -0.119. The highest BCUT2D eigenvalue weighted by Crippen LogP contribution is 2.38. The Bertz CT molecular complexity index is 1150. The third kappa shape index (κ3) is 7.50. The van der Waals surface area contributed by atoms with Gasteiger partial charge in [0.25, 0.3) is 0 Å². The van der Waals surface area contributed by atoms with Gasteiger partial charge in [0, 0.05) is 44.3 Å². The normalized spacial score (nSPS) is 12.4. The minimum atomic E-state index is -2.67. The first kappa shape index (κ1) is 30.0. The number of benzene rings is 2. The summed E-state index contributed by atoms with van der Waals surface area (Å²) >= 11 is 0. The van der Waals surface area contributed by atoms with Gasteiger partial charge >= 0.3 is 8.80 Å². The van der Waals surface area contributed by atoms with Crippen molar-refractivity contribution in [3.05, 3.63) is 47.5 Å². The van der Waals surface area contributed by atoms with Crippen molar-refractivity contribution in [2.45, 2.75) is 85.1 Å². The number of nitrogens with zero attached hydrogens (tertiary/aromatic N) is 3. The monoisotopic (exact) mass is 541 g/mol. The van der Waals surface area contributed by atoms with Gasteiger partial charge in [-0.1, -0.05) is 39.0 Å². The van der Waals surface area contributed by atoms with Crippen LogP contribution in [0.5, 0.6) is 5.75 Å². The maximum atomic E-state index is 12.8. The molecule has 0 fully saturated rings. The molecule has 0 spiro atoms. The highest BCUT2D eigenvalue weighted by atomic mass is 28.4. The van der Waals surface area contributed by atoms with Crippen LogP contribution in [0, 0.1) is 0 Å². The van der Waals surface area contributed by atoms with Crippen molar-refractivity contribution in [1.82, 2.24) is 15.0 Å². The highest BCUT2D eigenvalue weighted by Gasteiger charge is 2.39. The number of unbranched alkanes of at least 4 members (excludes halogenated alkanes) is 1. The fraction of sp³-hybridized carbons (Fsp3) is 0.552. The van der Waals surface area contributed by atoms with Gasteiger partial charge in [0.1, 0.15) is 28.3 Å². The van der Waals surface area contributed by atoms with Crippen molar-refractivity contribution >= 4 is 25.6 Å². The molecule has 0 unspecified atom stereocenters. The summed E-state index contributed by atoms with van der Waals surface area (Å²) in [6, 6.07) is 12.2. The Morgan fingerprint density at radius 2 is 1.47 bits per heavy atom. The SMILES string of the molecule is CCO[Si](CCCCC(=O)CCc1ccc(-n2nc3ccccc3n2)c(O)c1C(C)(C)C)(OCC)OCC. The number of carbonyl (C=O) groups is 1. The topological polar surface area (TPSA) is 95.7 Å². The molecule has 3 aromatic rings. The van der Waals surface area contributed by atoms with Gasteiger partial charge in [-0.15, -0.1) is 15.0 Å². The van der Waals surface area contributed by atoms with Crippen LogP contribution in [0.4, 0.5) is 0 Å². The number of aromatic hydroxyl groups is 1. The third-order valence-electron chi connectivity index (χ3n) is 6.45. The zero-order valence-electron chi connectivity index (χ0n) is 23.7. The number of phenols is 1. The van der Waals surface area contributed by atoms with Crippen LogP contribution in [-0.4, -0.2) is 54.5 Å². The van der Waals surface area contributed by atoms with Gasteiger partial charge < -0.3 is 18.4 Å². The average molecular weight is 542 g/mol. The van der Waals surface area contributed by atoms with Crippen molar-refractivity contribution in [3.63, 3.8) is 0 Å². The first-order valence-electron chi connectivity index (χ1n) is 13.8. The van der Waals surface area contributed by atoms with E-state index in [-0.39, 0.29) is 16.9 Å². The number of rotatable bonds is 15. The molecule has 0 bridgehead atoms. The van der Waals surface area contributed by atoms with Gasteiger partial charge in [-0.05, 0) is 69.2 Å². The van der Waals surface area contributed by atoms with Crippen LogP contribution in [0.3, 0.4) is 0 Å². The summed E-state index contributed by atoms with van der Waals surface area (Å²) in [6.45, 7) is 13.7. The van der Waals surface area contributed by atoms with Crippen LogP contribution >= 0.6 is 0 Å². The van der Waals surface area contributed by atoms with E-state index >= 15 is 0 Å². The average Bonchev–Trinajstić information content (AvgIpc) is 3.29. The van der Waals surface area contributed by atoms with Crippen LogP contribution in [-0.2, 0) is 29.9 Å². The van der Waals surface area contributed by atoms with E-state index in [1.165, 1.54) is 4.80 Å². The third-order valence-corrected chi connectivity index (χ3v) is 9.60. The quantitative estimate of drug-likeness (QED) is 0.182. The van der Waals surface area contributed by atoms with Crippen molar-refractivity contribution in [3.8, 4) is 11.4 Å². The molecule has 0 atom stereocenters. The molecule has 1 aromatic heterocycles. The maximum absolute atomic E-state index is 12.8. The van der Waals surface area contributed by atoms with E-state index in [4.69, 9.17) is 13.3 Å². The molecule has 38 heavy (non-hydrogen) atoms. The Morgan fingerprint density at radius 3 is 2.00 bits per heavy atom. The molecule has 8 nitrogen and oxygen atoms in total. The second-order valence-corrected chi connectivity index (χ2v) is 13.2. The minimum Gasteiger partial charge on any atom is -0.505 e. The van der Waals surface area contributed by atoms with Gasteiger partial charge in [-0.25, -0.2) is 0 Å². The molecule has 1 heterocycles. The number of aromatic nitrogens is 3. The summed E-state index contributed by atoms with van der Waals surface area (Å²) in [5, 5.41) is 20.4. The number of phenolic OH excluding ortho intramolecular Hbond substituents is 1. The Morgan fingerprint density at radius 1 is 0.895 bits per heavy atom. The van der Waals surface area contributed by atoms with Crippen molar-refractivity contribution < 1.29 is 23.2 Å². The Kier molecular flexibility index (Phi) is 10.6. The molecule has 3 rings (SSSR count). The Labute approximate surface area is 227 Å². The van der Waals surface area contributed by atoms with Gasteiger partial charge in [0.15, 0.2) is 0 Å². The molecular weight excluding hydrogens is 498 g/mol. The number of aryl methyl sites for hydroxylation is 1. The lowest BCUT2D eigenvalue weighted by atomic mass is 9.81. The fourth-order valence-corrected chi connectivity index (χ4v) is 7.55. The number of hydrogen-bond acceptors (Lipinski definition) is 7. The van der Waals surface area contributed by atoms with E-state index < -0.39 is 8.80 Å². The first-order valence-corrected chi connectivity index (χ1v) is 15.7. The van der Waals surface area contributed by atoms with Crippen LogP contribution in [0.25, 0.3) is 16.7 Å². The highest BCUT2D eigenvalue weighted by molar-refractivity contribution is 6.60. The zero-order valence-corrected chi connectivity index (χ0v) is 24.7. The summed E-state index contributed by atoms with van der Waals surface area (Å²) in [6.07, 6.45) is 3.11. The van der Waals surface area contributed by atoms with E-state index in [9.17, 15) is 9.90 Å². The van der Waals surface area contributed by atoms with E-state index in [1.54, 1.807) is 0 Å². The Hall–Kier alpha value is -2.59. The maximum Gasteiger partial charge on any atom is 0.500 e. The van der Waals surface area contributed by atoms with E-state index in [0.29, 0.717) is 44.8 Å². The van der Waals surface area contributed by atoms with Crippen LogP contribution in [0.2, 0.25) is 6.04 Å². The summed E-state index contributed by atoms with van der Waals surface area (Å²) in [5.74, 6) is 0.372. The summed E-state index contributed by atoms with van der Waals surface area (Å²) < 4.78 is 17.7. The number of hydrogen-bond donors (Lipinski definition) is 1. The predicted octanol–water partition coefficient (Wildman–Crippen LogP) is 6.14. The van der Waals surface area contributed by atoms with Gasteiger partial charge in [-0.2, -0.15) is 0 Å². The number of carbonyl (C=O) groups excluding carboxylic acids is 1. The molecular formula is C29H43N3O5Si. The second-order valence-electron chi connectivity index (χ2n) is 10.4. The molecule has 0 saturated carbocycles. The lowest BCUT2D eigenvalue weighted by Gasteiger charge is -2.28. The number of fused-ring (bicyclic) bond motifs is 1. The largest absolute Gasteiger partial charge is 0.505 e. The molecule has 2 aromatic carbocycles. The Balaban J connectivity index is 1.65. The summed E-state index contributed by atoms with van der Waals surface area (Å²) in [7, 11) is -2.67. The van der Waals surface area contributed by atoms with Crippen molar-refractivity contribution in [2.24, 2.45) is 0 Å². The van der Waals surface area contributed by atoms with Crippen LogP contribution < -0.4 is 0 Å². The molecule has 1 N–H and O–H groups in total. The molecule has 0 amide bonds. The van der Waals surface area contributed by atoms with Crippen molar-refractivity contribution in [2.75, 3.05) is 19.8 Å². The first-order chi connectivity index (χ1) is 18.1. The van der Waals surface area contributed by atoms with E-state index in [0.717, 1.165) is 41.0 Å². The molecule has 0 aliphatic carbocycles. The smallest absolute Gasteiger partial charge is 0.500 e. The molecule has 9 heteroatoms. The molecule has 0 aliphatic rings. The number of Topliss-reactive ketones (excluding diaryl/α,β-unsaturated/α-hetero) is 1. The fourth-order valence-electron chi connectivity index (χ4n) is 4.86. The van der Waals surface area contributed by atoms with E-state index in [1.807, 2.05) is 57.2 Å². The zero-order chi connectivity index (χ0) is 27.8. The standard InChI is InChI=1S/C29H43N3O5Si/c1-7-35-38(36-8-2,37-9-3)21-13-12-14-23(33)19-17-22-18-20-26(28(34)27(22)29(4,5)6)32-30-24-15-10-11-16-25(24)31-32/h10-11,15-16,18,20,34H,7-9,12-14,17,19,21H2,1-6H3. The van der Waals surface area contributed by atoms with Gasteiger partial charge in [-0.3, -0.25) is 4.79 Å². The molecule has 0 saturated heterocycles. The van der Waals surface area contributed by atoms with Crippen LogP contribution in [0.15, 0.2) is 36.4 Å². The van der Waals surface area contributed by atoms with Gasteiger partial charge in [0.2, 0.25) is 0 Å². The summed E-state index contributed by atoms with van der Waals surface area (Å²) in [5.41, 5.74) is 3.54. The number of ketones is 1. The minimum absolute atomic E-state index is 0.159. The molecule has 208 valence electrons. The predicted molar refractivity (Wildman–Crippen MR) is 152 cm³/mol. The molecule has 0 aliphatic heterocycles. The second kappa shape index (κ2) is 13.5. The van der Waals surface area contributed by atoms with Crippen LogP contribution in [0.1, 0.15) is 78.4 Å². The lowest BCUT2D eigenvalue weighted by Crippen LogP contribution is -2.45. The van der Waals surface area contributed by atoms with Crippen molar-refractivity contribution in [1.29, 1.82) is 0 Å². The molecule has 0 radical (unpaired) electrons. The van der Waals surface area contributed by atoms with E-state index in [2.05, 4.69) is 31.0 Å². The van der Waals surface area contributed by atoms with Gasteiger partial charge in [0.05, 0.1) is 0 Å².